The molecule has 0 atom stereocenters. The predicted molar refractivity (Wildman–Crippen MR) is 87.7 cm³/mol. The maximum atomic E-state index is 12.1. The average molecular weight is 314 g/mol. The number of hydrogen-bond acceptors (Lipinski definition) is 4. The summed E-state index contributed by atoms with van der Waals surface area (Å²) in [5, 5.41) is 1.10. The van der Waals surface area contributed by atoms with Gasteiger partial charge in [0.1, 0.15) is 5.76 Å². The highest BCUT2D eigenvalue weighted by Crippen LogP contribution is 2.22. The van der Waals surface area contributed by atoms with Crippen molar-refractivity contribution < 1.29 is 9.21 Å². The van der Waals surface area contributed by atoms with Gasteiger partial charge in [-0.2, -0.15) is 0 Å². The lowest BCUT2D eigenvalue weighted by molar-refractivity contribution is -0.130. The maximum Gasteiger partial charge on any atom is 0.222 e. The molecule has 0 aliphatic carbocycles. The summed E-state index contributed by atoms with van der Waals surface area (Å²) in [5.74, 6) is 0.944. The van der Waals surface area contributed by atoms with Crippen LogP contribution in [0, 0.1) is 0 Å². The molecular weight excluding hydrogens is 296 g/mol. The number of furan rings is 1. The molecule has 5 heteroatoms. The maximum absolute atomic E-state index is 12.1. The molecule has 0 fully saturated rings. The molecule has 4 nitrogen and oxygen atoms in total. The molecule has 1 amide bonds. The fraction of sp³-hybridized carbons (Fsp3) is 0.294. The summed E-state index contributed by atoms with van der Waals surface area (Å²) in [5.41, 5.74) is 1.05. The number of fused-ring (bicyclic) bond motifs is 1. The molecule has 3 rings (SSSR count). The monoisotopic (exact) mass is 314 g/mol. The number of carbonyl (C=O) groups excluding carboxylic acids is 1. The van der Waals surface area contributed by atoms with Crippen molar-refractivity contribution in [1.29, 1.82) is 0 Å². The Labute approximate surface area is 133 Å². The molecule has 1 aromatic carbocycles. The van der Waals surface area contributed by atoms with Crippen LogP contribution in [0.3, 0.4) is 0 Å². The van der Waals surface area contributed by atoms with Gasteiger partial charge in [-0.05, 0) is 37.1 Å². The second-order valence-corrected chi connectivity index (χ2v) is 6.37. The van der Waals surface area contributed by atoms with E-state index < -0.39 is 0 Å². The van der Waals surface area contributed by atoms with Gasteiger partial charge in [-0.1, -0.05) is 12.1 Å². The third kappa shape index (κ3) is 3.54. The summed E-state index contributed by atoms with van der Waals surface area (Å²) >= 11 is 1.71. The number of thiazole rings is 1. The SMILES string of the molecule is CN(Cc1ccco1)C(=O)CCCc1nc2ccccc2s1. The number of para-hydroxylation sites is 1. The van der Waals surface area contributed by atoms with Gasteiger partial charge in [0.2, 0.25) is 5.91 Å². The van der Waals surface area contributed by atoms with Gasteiger partial charge in [0.25, 0.3) is 0 Å². The van der Waals surface area contributed by atoms with E-state index in [1.165, 1.54) is 4.70 Å². The zero-order chi connectivity index (χ0) is 15.4. The largest absolute Gasteiger partial charge is 0.467 e. The Morgan fingerprint density at radius 2 is 2.14 bits per heavy atom. The number of carbonyl (C=O) groups is 1. The van der Waals surface area contributed by atoms with Gasteiger partial charge < -0.3 is 9.32 Å². The molecule has 0 N–H and O–H groups in total. The Morgan fingerprint density at radius 1 is 1.27 bits per heavy atom. The van der Waals surface area contributed by atoms with Crippen LogP contribution in [0.2, 0.25) is 0 Å². The molecule has 0 saturated carbocycles. The third-order valence-electron chi connectivity index (χ3n) is 3.52. The van der Waals surface area contributed by atoms with E-state index in [1.54, 1.807) is 22.5 Å². The molecule has 0 saturated heterocycles. The van der Waals surface area contributed by atoms with Crippen molar-refractivity contribution in [1.82, 2.24) is 9.88 Å². The van der Waals surface area contributed by atoms with Crippen molar-refractivity contribution in [2.75, 3.05) is 7.05 Å². The number of aromatic nitrogens is 1. The van der Waals surface area contributed by atoms with Crippen LogP contribution in [0.4, 0.5) is 0 Å². The molecule has 0 aliphatic heterocycles. The number of amides is 1. The summed E-state index contributed by atoms with van der Waals surface area (Å²) in [6.45, 7) is 0.521. The Balaban J connectivity index is 1.48. The summed E-state index contributed by atoms with van der Waals surface area (Å²) in [6.07, 6.45) is 3.83. The van der Waals surface area contributed by atoms with Crippen molar-refractivity contribution in [3.8, 4) is 0 Å². The Bertz CT molecular complexity index is 716. The third-order valence-corrected chi connectivity index (χ3v) is 4.61. The van der Waals surface area contributed by atoms with E-state index in [2.05, 4.69) is 11.1 Å². The molecule has 0 aliphatic rings. The summed E-state index contributed by atoms with van der Waals surface area (Å²) in [6, 6.07) is 11.8. The first-order valence-corrected chi connectivity index (χ1v) is 8.15. The first kappa shape index (κ1) is 14.8. The lowest BCUT2D eigenvalue weighted by atomic mass is 10.2. The van der Waals surface area contributed by atoms with Crippen LogP contribution < -0.4 is 0 Å². The zero-order valence-electron chi connectivity index (χ0n) is 12.5. The second-order valence-electron chi connectivity index (χ2n) is 5.26. The molecule has 0 bridgehead atoms. The van der Waals surface area contributed by atoms with Crippen LogP contribution in [0.15, 0.2) is 47.1 Å². The van der Waals surface area contributed by atoms with E-state index >= 15 is 0 Å². The van der Waals surface area contributed by atoms with E-state index in [-0.39, 0.29) is 5.91 Å². The summed E-state index contributed by atoms with van der Waals surface area (Å²) in [4.78, 5) is 18.4. The highest BCUT2D eigenvalue weighted by atomic mass is 32.1. The molecule has 2 aromatic heterocycles. The highest BCUT2D eigenvalue weighted by Gasteiger charge is 2.11. The normalized spacial score (nSPS) is 11.0. The molecular formula is C17H18N2O2S. The van der Waals surface area contributed by atoms with Gasteiger partial charge in [0, 0.05) is 13.5 Å². The van der Waals surface area contributed by atoms with Crippen LogP contribution in [-0.4, -0.2) is 22.8 Å². The molecule has 3 aromatic rings. The molecule has 114 valence electrons. The predicted octanol–water partition coefficient (Wildman–Crippen LogP) is 3.87. The van der Waals surface area contributed by atoms with Gasteiger partial charge >= 0.3 is 0 Å². The van der Waals surface area contributed by atoms with E-state index in [0.29, 0.717) is 13.0 Å². The smallest absolute Gasteiger partial charge is 0.222 e. The van der Waals surface area contributed by atoms with Crippen molar-refractivity contribution in [2.24, 2.45) is 0 Å². The van der Waals surface area contributed by atoms with Crippen molar-refractivity contribution in [3.05, 3.63) is 53.4 Å². The highest BCUT2D eigenvalue weighted by molar-refractivity contribution is 7.18. The molecule has 0 spiro atoms. The van der Waals surface area contributed by atoms with Gasteiger partial charge in [-0.15, -0.1) is 11.3 Å². The van der Waals surface area contributed by atoms with Crippen LogP contribution in [0.5, 0.6) is 0 Å². The lowest BCUT2D eigenvalue weighted by Crippen LogP contribution is -2.25. The Morgan fingerprint density at radius 3 is 2.91 bits per heavy atom. The number of nitrogens with zero attached hydrogens (tertiary/aromatic N) is 2. The first-order valence-electron chi connectivity index (χ1n) is 7.33. The van der Waals surface area contributed by atoms with Gasteiger partial charge in [0.15, 0.2) is 0 Å². The van der Waals surface area contributed by atoms with Crippen molar-refractivity contribution in [3.63, 3.8) is 0 Å². The minimum absolute atomic E-state index is 0.137. The first-order chi connectivity index (χ1) is 10.7. The molecule has 0 radical (unpaired) electrons. The number of hydrogen-bond donors (Lipinski definition) is 0. The van der Waals surface area contributed by atoms with E-state index in [9.17, 15) is 4.79 Å². The van der Waals surface area contributed by atoms with Crippen LogP contribution in [0.1, 0.15) is 23.6 Å². The van der Waals surface area contributed by atoms with Crippen LogP contribution in [0.25, 0.3) is 10.2 Å². The van der Waals surface area contributed by atoms with Crippen LogP contribution in [-0.2, 0) is 17.8 Å². The molecule has 0 unspecified atom stereocenters. The summed E-state index contributed by atoms with van der Waals surface area (Å²) < 4.78 is 6.47. The Hall–Kier alpha value is -2.14. The van der Waals surface area contributed by atoms with Gasteiger partial charge in [-0.3, -0.25) is 4.79 Å². The average Bonchev–Trinajstić information content (AvgIpc) is 3.15. The van der Waals surface area contributed by atoms with E-state index in [1.807, 2.05) is 37.4 Å². The summed E-state index contributed by atoms with van der Waals surface area (Å²) in [7, 11) is 1.81. The fourth-order valence-corrected chi connectivity index (χ4v) is 3.34. The van der Waals surface area contributed by atoms with E-state index in [4.69, 9.17) is 4.42 Å². The van der Waals surface area contributed by atoms with Crippen molar-refractivity contribution in [2.45, 2.75) is 25.8 Å². The number of rotatable bonds is 6. The quantitative estimate of drug-likeness (QED) is 0.694. The Kier molecular flexibility index (Phi) is 4.53. The second kappa shape index (κ2) is 6.75. The molecule has 2 heterocycles. The lowest BCUT2D eigenvalue weighted by Gasteiger charge is -2.15. The number of aryl methyl sites for hydroxylation is 1. The minimum Gasteiger partial charge on any atom is -0.467 e. The van der Waals surface area contributed by atoms with Gasteiger partial charge in [-0.25, -0.2) is 4.98 Å². The standard InChI is InChI=1S/C17H18N2O2S/c1-19(12-13-6-5-11-21-13)17(20)10-4-9-16-18-14-7-2-3-8-15(14)22-16/h2-3,5-8,11H,4,9-10,12H2,1H3. The van der Waals surface area contributed by atoms with Crippen molar-refractivity contribution >= 4 is 27.5 Å². The zero-order valence-corrected chi connectivity index (χ0v) is 13.3. The van der Waals surface area contributed by atoms with Gasteiger partial charge in [0.05, 0.1) is 28.0 Å². The topological polar surface area (TPSA) is 46.3 Å². The van der Waals surface area contributed by atoms with E-state index in [0.717, 1.165) is 29.1 Å². The fourth-order valence-electron chi connectivity index (χ4n) is 2.33. The number of benzene rings is 1. The molecule has 22 heavy (non-hydrogen) atoms. The minimum atomic E-state index is 0.137. The van der Waals surface area contributed by atoms with Crippen LogP contribution >= 0.6 is 11.3 Å².